The minimum Gasteiger partial charge on any atom is -0.372 e. The van der Waals surface area contributed by atoms with E-state index in [-0.39, 0.29) is 12.1 Å². The molecule has 1 saturated heterocycles. The Balaban J connectivity index is 1.76. The van der Waals surface area contributed by atoms with E-state index in [0.29, 0.717) is 0 Å². The van der Waals surface area contributed by atoms with Crippen LogP contribution < -0.4 is 5.32 Å². The van der Waals surface area contributed by atoms with E-state index >= 15 is 0 Å². The van der Waals surface area contributed by atoms with Gasteiger partial charge in [-0.25, -0.2) is 0 Å². The SMILES string of the molecule is CCc1noc(C)c1CN[C@H]1CCO[C@@H]1c1c(C)nn(C)c1C. The van der Waals surface area contributed by atoms with Gasteiger partial charge in [-0.15, -0.1) is 0 Å². The van der Waals surface area contributed by atoms with Crippen molar-refractivity contribution >= 4 is 0 Å². The van der Waals surface area contributed by atoms with Gasteiger partial charge in [-0.2, -0.15) is 5.10 Å². The average molecular weight is 318 g/mol. The quantitative estimate of drug-likeness (QED) is 0.917. The summed E-state index contributed by atoms with van der Waals surface area (Å²) >= 11 is 0. The molecule has 126 valence electrons. The minimum absolute atomic E-state index is 0.0638. The molecule has 0 amide bonds. The van der Waals surface area contributed by atoms with Crippen molar-refractivity contribution < 1.29 is 9.26 Å². The van der Waals surface area contributed by atoms with Crippen LogP contribution in [0.3, 0.4) is 0 Å². The van der Waals surface area contributed by atoms with Crippen LogP contribution >= 0.6 is 0 Å². The van der Waals surface area contributed by atoms with E-state index in [0.717, 1.165) is 43.1 Å². The summed E-state index contributed by atoms with van der Waals surface area (Å²) in [5, 5.41) is 12.3. The Labute approximate surface area is 137 Å². The lowest BCUT2D eigenvalue weighted by atomic mass is 10.00. The highest BCUT2D eigenvalue weighted by Gasteiger charge is 2.33. The fourth-order valence-corrected chi connectivity index (χ4v) is 3.46. The summed E-state index contributed by atoms with van der Waals surface area (Å²) in [7, 11) is 1.98. The lowest BCUT2D eigenvalue weighted by Crippen LogP contribution is -2.32. The van der Waals surface area contributed by atoms with Gasteiger partial charge < -0.3 is 14.6 Å². The van der Waals surface area contributed by atoms with Gasteiger partial charge in [0.1, 0.15) is 11.9 Å². The van der Waals surface area contributed by atoms with Gasteiger partial charge in [0, 0.05) is 43.1 Å². The Morgan fingerprint density at radius 2 is 2.09 bits per heavy atom. The molecule has 6 nitrogen and oxygen atoms in total. The van der Waals surface area contributed by atoms with E-state index < -0.39 is 0 Å². The van der Waals surface area contributed by atoms with Crippen LogP contribution in [0.5, 0.6) is 0 Å². The van der Waals surface area contributed by atoms with Crippen molar-refractivity contribution in [1.82, 2.24) is 20.3 Å². The van der Waals surface area contributed by atoms with Crippen LogP contribution in [0.1, 0.15) is 53.4 Å². The maximum Gasteiger partial charge on any atom is 0.138 e. The molecular weight excluding hydrogens is 292 g/mol. The van der Waals surface area contributed by atoms with Crippen molar-refractivity contribution in [3.8, 4) is 0 Å². The van der Waals surface area contributed by atoms with Crippen molar-refractivity contribution in [1.29, 1.82) is 0 Å². The molecule has 6 heteroatoms. The van der Waals surface area contributed by atoms with Gasteiger partial charge in [-0.1, -0.05) is 12.1 Å². The average Bonchev–Trinajstić information content (AvgIpc) is 3.17. The van der Waals surface area contributed by atoms with Crippen LogP contribution in [-0.2, 0) is 24.8 Å². The fourth-order valence-electron chi connectivity index (χ4n) is 3.46. The lowest BCUT2D eigenvalue weighted by molar-refractivity contribution is 0.0974. The number of aryl methyl sites for hydroxylation is 4. The number of nitrogens with zero attached hydrogens (tertiary/aromatic N) is 3. The number of hydrogen-bond acceptors (Lipinski definition) is 5. The smallest absolute Gasteiger partial charge is 0.138 e. The zero-order chi connectivity index (χ0) is 16.6. The summed E-state index contributed by atoms with van der Waals surface area (Å²) in [5.74, 6) is 0.901. The van der Waals surface area contributed by atoms with Crippen molar-refractivity contribution in [3.63, 3.8) is 0 Å². The van der Waals surface area contributed by atoms with E-state index in [1.165, 1.54) is 16.8 Å². The van der Waals surface area contributed by atoms with Gasteiger partial charge in [0.25, 0.3) is 0 Å². The summed E-state index contributed by atoms with van der Waals surface area (Å²) in [6, 6.07) is 0.288. The summed E-state index contributed by atoms with van der Waals surface area (Å²) in [6.45, 7) is 9.78. The van der Waals surface area contributed by atoms with Gasteiger partial charge in [-0.05, 0) is 33.6 Å². The molecule has 0 radical (unpaired) electrons. The van der Waals surface area contributed by atoms with Gasteiger partial charge in [0.2, 0.25) is 0 Å². The van der Waals surface area contributed by atoms with Gasteiger partial charge in [-0.3, -0.25) is 4.68 Å². The molecule has 0 aliphatic carbocycles. The zero-order valence-electron chi connectivity index (χ0n) is 14.6. The largest absolute Gasteiger partial charge is 0.372 e. The first-order chi connectivity index (χ1) is 11.0. The van der Waals surface area contributed by atoms with Crippen molar-refractivity contribution in [2.24, 2.45) is 7.05 Å². The Morgan fingerprint density at radius 1 is 1.30 bits per heavy atom. The van der Waals surface area contributed by atoms with Crippen LogP contribution in [0, 0.1) is 20.8 Å². The first-order valence-electron chi connectivity index (χ1n) is 8.32. The molecule has 0 aromatic carbocycles. The number of rotatable bonds is 5. The molecule has 23 heavy (non-hydrogen) atoms. The third kappa shape index (κ3) is 2.93. The minimum atomic E-state index is 0.0638. The molecule has 2 atom stereocenters. The summed E-state index contributed by atoms with van der Waals surface area (Å²) in [5.41, 5.74) is 5.67. The second-order valence-corrected chi connectivity index (χ2v) is 6.29. The summed E-state index contributed by atoms with van der Waals surface area (Å²) < 4.78 is 13.3. The zero-order valence-corrected chi connectivity index (χ0v) is 14.6. The van der Waals surface area contributed by atoms with E-state index in [4.69, 9.17) is 9.26 Å². The van der Waals surface area contributed by atoms with Crippen LogP contribution in [0.25, 0.3) is 0 Å². The van der Waals surface area contributed by atoms with E-state index in [1.54, 1.807) is 0 Å². The molecule has 1 aliphatic rings. The van der Waals surface area contributed by atoms with Crippen molar-refractivity contribution in [3.05, 3.63) is 34.0 Å². The normalized spacial score (nSPS) is 21.3. The standard InChI is InChI=1S/C17H26N4O2/c1-6-14-13(12(4)23-20-14)9-18-15-7-8-22-17(15)16-10(2)19-21(5)11(16)3/h15,17-18H,6-9H2,1-5H3/t15-,17-/m0/s1. The second-order valence-electron chi connectivity index (χ2n) is 6.29. The number of aromatic nitrogens is 3. The first-order valence-corrected chi connectivity index (χ1v) is 8.32. The molecule has 3 rings (SSSR count). The van der Waals surface area contributed by atoms with E-state index in [2.05, 4.69) is 36.3 Å². The molecule has 0 spiro atoms. The molecule has 3 heterocycles. The number of hydrogen-bond donors (Lipinski definition) is 1. The third-order valence-corrected chi connectivity index (χ3v) is 4.88. The highest BCUT2D eigenvalue weighted by molar-refractivity contribution is 5.29. The molecular formula is C17H26N4O2. The third-order valence-electron chi connectivity index (χ3n) is 4.88. The molecule has 0 unspecified atom stereocenters. The predicted octanol–water partition coefficient (Wildman–Crippen LogP) is 2.52. The Bertz CT molecular complexity index is 689. The topological polar surface area (TPSA) is 65.1 Å². The highest BCUT2D eigenvalue weighted by atomic mass is 16.5. The van der Waals surface area contributed by atoms with Crippen molar-refractivity contribution in [2.75, 3.05) is 6.61 Å². The number of nitrogens with one attached hydrogen (secondary N) is 1. The predicted molar refractivity (Wildman–Crippen MR) is 87.2 cm³/mol. The summed E-state index contributed by atoms with van der Waals surface area (Å²) in [6.07, 6.45) is 1.96. The summed E-state index contributed by atoms with van der Waals surface area (Å²) in [4.78, 5) is 0. The van der Waals surface area contributed by atoms with Crippen molar-refractivity contribution in [2.45, 2.75) is 59.2 Å². The van der Waals surface area contributed by atoms with E-state index in [1.807, 2.05) is 18.7 Å². The first kappa shape index (κ1) is 16.2. The van der Waals surface area contributed by atoms with Gasteiger partial charge >= 0.3 is 0 Å². The molecule has 2 aromatic rings. The second kappa shape index (κ2) is 6.45. The maximum absolute atomic E-state index is 6.03. The van der Waals surface area contributed by atoms with E-state index in [9.17, 15) is 0 Å². The van der Waals surface area contributed by atoms with Gasteiger partial charge in [0.05, 0.1) is 11.4 Å². The molecule has 0 bridgehead atoms. The van der Waals surface area contributed by atoms with Gasteiger partial charge in [0.15, 0.2) is 0 Å². The molecule has 0 saturated carbocycles. The Morgan fingerprint density at radius 3 is 2.74 bits per heavy atom. The van der Waals surface area contributed by atoms with Crippen LogP contribution in [0.4, 0.5) is 0 Å². The Hall–Kier alpha value is -1.66. The lowest BCUT2D eigenvalue weighted by Gasteiger charge is -2.20. The fraction of sp³-hybridized carbons (Fsp3) is 0.647. The molecule has 1 aliphatic heterocycles. The molecule has 2 aromatic heterocycles. The maximum atomic E-state index is 6.03. The van der Waals surface area contributed by atoms with Crippen LogP contribution in [-0.4, -0.2) is 27.6 Å². The number of ether oxygens (including phenoxy) is 1. The van der Waals surface area contributed by atoms with Crippen LogP contribution in [0.2, 0.25) is 0 Å². The molecule has 1 N–H and O–H groups in total. The molecule has 1 fully saturated rings. The monoisotopic (exact) mass is 318 g/mol. The van der Waals surface area contributed by atoms with Crippen LogP contribution in [0.15, 0.2) is 4.52 Å². The Kier molecular flexibility index (Phi) is 4.55. The highest BCUT2D eigenvalue weighted by Crippen LogP contribution is 2.33.